The number of hydroxylamine groups is 2. The topological polar surface area (TPSA) is 105 Å². The molecule has 7 heteroatoms. The molecule has 0 saturated carbocycles. The standard InChI is InChI=1S/C22H19N5O2/c23-13-17-14-24-21(25-17)22(28)26-19-10-9-16(20-8-4-5-11-27(20)29)12-18(19)15-6-2-1-3-7-15/h4-6,8-12,14,29H,1-3,7H2,(H,24,25)/b20-16-,26-19?. The van der Waals surface area contributed by atoms with Gasteiger partial charge in [-0.1, -0.05) is 18.2 Å². The molecule has 2 aliphatic carbocycles. The van der Waals surface area contributed by atoms with Crippen LogP contribution in [0.3, 0.4) is 0 Å². The van der Waals surface area contributed by atoms with Gasteiger partial charge in [0.1, 0.15) is 11.8 Å². The molecule has 0 bridgehead atoms. The zero-order valence-electron chi connectivity index (χ0n) is 15.7. The van der Waals surface area contributed by atoms with Crippen LogP contribution in [0.2, 0.25) is 0 Å². The third kappa shape index (κ3) is 3.93. The normalized spacial score (nSPS) is 22.5. The average Bonchev–Trinajstić information content (AvgIpc) is 3.25. The van der Waals surface area contributed by atoms with Crippen molar-refractivity contribution in [2.75, 3.05) is 0 Å². The minimum Gasteiger partial charge on any atom is -0.326 e. The largest absolute Gasteiger partial charge is 0.326 e. The van der Waals surface area contributed by atoms with E-state index in [0.717, 1.165) is 47.5 Å². The van der Waals surface area contributed by atoms with Gasteiger partial charge in [0.2, 0.25) is 0 Å². The summed E-state index contributed by atoms with van der Waals surface area (Å²) < 4.78 is 0. The van der Waals surface area contributed by atoms with E-state index in [4.69, 9.17) is 5.26 Å². The van der Waals surface area contributed by atoms with Crippen molar-refractivity contribution in [3.63, 3.8) is 0 Å². The Kier molecular flexibility index (Phi) is 5.18. The number of hydrogen-bond donors (Lipinski definition) is 2. The molecule has 0 atom stereocenters. The number of nitriles is 1. The maximum absolute atomic E-state index is 12.6. The lowest BCUT2D eigenvalue weighted by molar-refractivity contribution is -0.000833. The Hall–Kier alpha value is -3.76. The SMILES string of the molecule is N#Cc1cnc(C(=O)N=C2C=C/C(=C3\C=CC=CN3O)C=C2C2=CCCCC2)[nH]1. The predicted octanol–water partition coefficient (Wildman–Crippen LogP) is 3.89. The van der Waals surface area contributed by atoms with Gasteiger partial charge in [0.05, 0.1) is 17.6 Å². The van der Waals surface area contributed by atoms with Gasteiger partial charge in [-0.25, -0.2) is 15.0 Å². The maximum atomic E-state index is 12.6. The molecule has 0 spiro atoms. The second-order valence-corrected chi connectivity index (χ2v) is 6.81. The van der Waals surface area contributed by atoms with E-state index in [1.54, 1.807) is 18.4 Å². The Labute approximate surface area is 168 Å². The first kappa shape index (κ1) is 18.6. The molecule has 7 nitrogen and oxygen atoms in total. The minimum absolute atomic E-state index is 0.0328. The summed E-state index contributed by atoms with van der Waals surface area (Å²) in [6.45, 7) is 0. The lowest BCUT2D eigenvalue weighted by Crippen LogP contribution is -2.16. The summed E-state index contributed by atoms with van der Waals surface area (Å²) in [6.07, 6.45) is 20.2. The van der Waals surface area contributed by atoms with Crippen molar-refractivity contribution in [1.29, 1.82) is 5.26 Å². The number of allylic oxidation sites excluding steroid dienone is 10. The zero-order valence-corrected chi connectivity index (χ0v) is 15.7. The summed E-state index contributed by atoms with van der Waals surface area (Å²) in [4.78, 5) is 23.4. The molecule has 144 valence electrons. The van der Waals surface area contributed by atoms with Crippen LogP contribution in [-0.4, -0.2) is 31.9 Å². The molecule has 0 unspecified atom stereocenters. The highest BCUT2D eigenvalue weighted by Crippen LogP contribution is 2.30. The number of hydrogen-bond acceptors (Lipinski definition) is 5. The number of rotatable bonds is 2. The average molecular weight is 385 g/mol. The number of carbonyl (C=O) groups excluding carboxylic acids is 1. The van der Waals surface area contributed by atoms with E-state index in [1.165, 1.54) is 6.20 Å². The van der Waals surface area contributed by atoms with Gasteiger partial charge in [-0.05, 0) is 55.6 Å². The van der Waals surface area contributed by atoms with Crippen LogP contribution in [0.15, 0.2) is 82.3 Å². The van der Waals surface area contributed by atoms with Crippen LogP contribution in [0.5, 0.6) is 0 Å². The molecule has 0 saturated heterocycles. The molecular weight excluding hydrogens is 366 g/mol. The molecule has 3 aliphatic rings. The number of imidazole rings is 1. The Morgan fingerprint density at radius 2 is 2.17 bits per heavy atom. The molecule has 2 heterocycles. The van der Waals surface area contributed by atoms with Crippen molar-refractivity contribution in [3.05, 3.63) is 88.9 Å². The van der Waals surface area contributed by atoms with Gasteiger partial charge >= 0.3 is 5.91 Å². The Morgan fingerprint density at radius 1 is 1.28 bits per heavy atom. The van der Waals surface area contributed by atoms with E-state index >= 15 is 0 Å². The molecule has 4 rings (SSSR count). The van der Waals surface area contributed by atoms with E-state index in [9.17, 15) is 10.0 Å². The molecule has 1 amide bonds. The van der Waals surface area contributed by atoms with E-state index in [-0.39, 0.29) is 11.5 Å². The molecular formula is C22H19N5O2. The fourth-order valence-corrected chi connectivity index (χ4v) is 3.44. The number of H-pyrrole nitrogens is 1. The molecule has 0 radical (unpaired) electrons. The highest BCUT2D eigenvalue weighted by molar-refractivity contribution is 6.18. The van der Waals surface area contributed by atoms with Gasteiger partial charge in [-0.15, -0.1) is 0 Å². The number of nitrogens with zero attached hydrogens (tertiary/aromatic N) is 4. The molecule has 0 fully saturated rings. The van der Waals surface area contributed by atoms with Crippen LogP contribution in [-0.2, 0) is 0 Å². The highest BCUT2D eigenvalue weighted by Gasteiger charge is 2.20. The van der Waals surface area contributed by atoms with Gasteiger partial charge in [-0.3, -0.25) is 10.0 Å². The molecule has 1 aromatic rings. The third-order valence-electron chi connectivity index (χ3n) is 4.89. The Morgan fingerprint density at radius 3 is 2.90 bits per heavy atom. The molecule has 1 aliphatic heterocycles. The first-order valence-electron chi connectivity index (χ1n) is 9.40. The lowest BCUT2D eigenvalue weighted by Gasteiger charge is -2.22. The fourth-order valence-electron chi connectivity index (χ4n) is 3.44. The summed E-state index contributed by atoms with van der Waals surface area (Å²) in [5.41, 5.74) is 4.24. The van der Waals surface area contributed by atoms with Crippen molar-refractivity contribution in [3.8, 4) is 6.07 Å². The minimum atomic E-state index is -0.533. The van der Waals surface area contributed by atoms with Crippen molar-refractivity contribution in [2.45, 2.75) is 25.7 Å². The van der Waals surface area contributed by atoms with E-state index in [0.29, 0.717) is 11.4 Å². The van der Waals surface area contributed by atoms with Gasteiger partial charge < -0.3 is 4.98 Å². The molecule has 29 heavy (non-hydrogen) atoms. The molecule has 2 N–H and O–H groups in total. The second-order valence-electron chi connectivity index (χ2n) is 6.81. The number of aromatic amines is 1. The summed E-state index contributed by atoms with van der Waals surface area (Å²) >= 11 is 0. The predicted molar refractivity (Wildman–Crippen MR) is 108 cm³/mol. The number of aliphatic imine (C=N–C) groups is 1. The lowest BCUT2D eigenvalue weighted by atomic mass is 9.86. The van der Waals surface area contributed by atoms with Crippen molar-refractivity contribution < 1.29 is 10.0 Å². The van der Waals surface area contributed by atoms with Crippen molar-refractivity contribution >= 4 is 11.6 Å². The summed E-state index contributed by atoms with van der Waals surface area (Å²) in [7, 11) is 0. The van der Waals surface area contributed by atoms with Crippen molar-refractivity contribution in [2.24, 2.45) is 4.99 Å². The number of aromatic nitrogens is 2. The quantitative estimate of drug-likeness (QED) is 0.803. The van der Waals surface area contributed by atoms with E-state index in [1.807, 2.05) is 30.4 Å². The summed E-state index contributed by atoms with van der Waals surface area (Å²) in [5, 5.41) is 20.1. The second kappa shape index (κ2) is 8.09. The van der Waals surface area contributed by atoms with Gasteiger partial charge in [0, 0.05) is 17.3 Å². The third-order valence-corrected chi connectivity index (χ3v) is 4.89. The van der Waals surface area contributed by atoms with Crippen LogP contribution in [0.4, 0.5) is 0 Å². The summed E-state index contributed by atoms with van der Waals surface area (Å²) in [5.74, 6) is -0.501. The van der Waals surface area contributed by atoms with Crippen LogP contribution in [0.1, 0.15) is 42.0 Å². The smallest absolute Gasteiger partial charge is 0.313 e. The van der Waals surface area contributed by atoms with Gasteiger partial charge in [0.15, 0.2) is 5.82 Å². The van der Waals surface area contributed by atoms with Crippen LogP contribution >= 0.6 is 0 Å². The first-order chi connectivity index (χ1) is 14.2. The maximum Gasteiger partial charge on any atom is 0.313 e. The van der Waals surface area contributed by atoms with Crippen LogP contribution in [0, 0.1) is 11.3 Å². The van der Waals surface area contributed by atoms with Gasteiger partial charge in [0.25, 0.3) is 0 Å². The first-order valence-corrected chi connectivity index (χ1v) is 9.40. The van der Waals surface area contributed by atoms with Crippen molar-refractivity contribution in [1.82, 2.24) is 15.0 Å². The monoisotopic (exact) mass is 385 g/mol. The molecule has 0 aromatic carbocycles. The van der Waals surface area contributed by atoms with Crippen LogP contribution < -0.4 is 0 Å². The van der Waals surface area contributed by atoms with E-state index in [2.05, 4.69) is 21.0 Å². The number of nitrogens with one attached hydrogen (secondary N) is 1. The van der Waals surface area contributed by atoms with Crippen LogP contribution in [0.25, 0.3) is 0 Å². The highest BCUT2D eigenvalue weighted by atomic mass is 16.5. The summed E-state index contributed by atoms with van der Waals surface area (Å²) in [6, 6.07) is 1.91. The zero-order chi connectivity index (χ0) is 20.2. The fraction of sp³-hybridized carbons (Fsp3) is 0.182. The van der Waals surface area contributed by atoms with E-state index < -0.39 is 5.91 Å². The van der Waals surface area contributed by atoms with Gasteiger partial charge in [-0.2, -0.15) is 5.26 Å². The Balaban J connectivity index is 1.74. The molecule has 1 aromatic heterocycles. The Bertz CT molecular complexity index is 1100. The number of amides is 1. The number of carbonyl (C=O) groups is 1.